The van der Waals surface area contributed by atoms with Crippen LogP contribution in [0.4, 0.5) is 0 Å². The zero-order valence-electron chi connectivity index (χ0n) is 10.9. The summed E-state index contributed by atoms with van der Waals surface area (Å²) >= 11 is 0. The van der Waals surface area contributed by atoms with Crippen molar-refractivity contribution in [2.24, 2.45) is 0 Å². The molecule has 0 aliphatic carbocycles. The third kappa shape index (κ3) is 3.85. The van der Waals surface area contributed by atoms with Crippen molar-refractivity contribution < 1.29 is 4.74 Å². The van der Waals surface area contributed by atoms with Crippen LogP contribution in [-0.2, 0) is 4.74 Å². The number of unbranched alkanes of at least 4 members (excludes halogenated alkanes) is 2. The summed E-state index contributed by atoms with van der Waals surface area (Å²) in [6.07, 6.45) is 8.30. The Hall–Kier alpha value is -0.820. The Morgan fingerprint density at radius 1 is 1.12 bits per heavy atom. The second-order valence-corrected chi connectivity index (χ2v) is 5.14. The first-order valence-corrected chi connectivity index (χ1v) is 7.06. The maximum absolute atomic E-state index is 5.99. The van der Waals surface area contributed by atoms with Crippen LogP contribution in [0, 0.1) is 0 Å². The average Bonchev–Trinajstić information content (AvgIpc) is 2.41. The molecule has 0 amide bonds. The summed E-state index contributed by atoms with van der Waals surface area (Å²) in [4.78, 5) is 0. The Labute approximate surface area is 105 Å². The van der Waals surface area contributed by atoms with E-state index in [1.54, 1.807) is 0 Å². The Morgan fingerprint density at radius 2 is 1.94 bits per heavy atom. The van der Waals surface area contributed by atoms with E-state index in [0.29, 0.717) is 12.0 Å². The summed E-state index contributed by atoms with van der Waals surface area (Å²) in [5.41, 5.74) is 1.44. The Morgan fingerprint density at radius 3 is 2.59 bits per heavy atom. The van der Waals surface area contributed by atoms with Gasteiger partial charge in [-0.2, -0.15) is 0 Å². The van der Waals surface area contributed by atoms with Crippen LogP contribution in [0.3, 0.4) is 0 Å². The molecule has 1 nitrogen and oxygen atoms in total. The molecule has 1 heterocycles. The van der Waals surface area contributed by atoms with E-state index in [1.807, 2.05) is 0 Å². The van der Waals surface area contributed by atoms with E-state index in [9.17, 15) is 0 Å². The van der Waals surface area contributed by atoms with Gasteiger partial charge in [0.2, 0.25) is 0 Å². The third-order valence-electron chi connectivity index (χ3n) is 3.77. The molecule has 1 heteroatoms. The third-order valence-corrected chi connectivity index (χ3v) is 3.77. The van der Waals surface area contributed by atoms with Gasteiger partial charge in [0.25, 0.3) is 0 Å². The zero-order chi connectivity index (χ0) is 11.9. The summed E-state index contributed by atoms with van der Waals surface area (Å²) in [5.74, 6) is 0.624. The smallest absolute Gasteiger partial charge is 0.0575 e. The topological polar surface area (TPSA) is 9.23 Å². The average molecular weight is 232 g/mol. The van der Waals surface area contributed by atoms with Gasteiger partial charge in [0, 0.05) is 5.92 Å². The van der Waals surface area contributed by atoms with Gasteiger partial charge >= 0.3 is 0 Å². The van der Waals surface area contributed by atoms with Crippen molar-refractivity contribution in [3.63, 3.8) is 0 Å². The number of hydrogen-bond donors (Lipinski definition) is 0. The summed E-state index contributed by atoms with van der Waals surface area (Å²) in [6, 6.07) is 10.8. The van der Waals surface area contributed by atoms with Crippen LogP contribution < -0.4 is 0 Å². The predicted molar refractivity (Wildman–Crippen MR) is 72.3 cm³/mol. The molecular weight excluding hydrogens is 208 g/mol. The van der Waals surface area contributed by atoms with Crippen LogP contribution in [-0.4, -0.2) is 12.7 Å². The lowest BCUT2D eigenvalue weighted by Crippen LogP contribution is -2.24. The molecule has 1 aliphatic heterocycles. The number of ether oxygens (including phenoxy) is 1. The quantitative estimate of drug-likeness (QED) is 0.678. The molecule has 1 saturated heterocycles. The highest BCUT2D eigenvalue weighted by Crippen LogP contribution is 2.29. The first-order chi connectivity index (χ1) is 8.40. The zero-order valence-corrected chi connectivity index (χ0v) is 10.9. The normalized spacial score (nSPS) is 24.8. The molecule has 0 bridgehead atoms. The van der Waals surface area contributed by atoms with Crippen molar-refractivity contribution in [2.75, 3.05) is 6.61 Å². The molecule has 1 aromatic carbocycles. The maximum atomic E-state index is 5.99. The fourth-order valence-electron chi connectivity index (χ4n) is 2.64. The lowest BCUT2D eigenvalue weighted by Gasteiger charge is -2.29. The highest BCUT2D eigenvalue weighted by Gasteiger charge is 2.22. The second-order valence-electron chi connectivity index (χ2n) is 5.14. The van der Waals surface area contributed by atoms with Crippen molar-refractivity contribution in [1.82, 2.24) is 0 Å². The van der Waals surface area contributed by atoms with Gasteiger partial charge in [0.05, 0.1) is 12.7 Å². The fourth-order valence-corrected chi connectivity index (χ4v) is 2.64. The highest BCUT2D eigenvalue weighted by atomic mass is 16.5. The second kappa shape index (κ2) is 6.80. The summed E-state index contributed by atoms with van der Waals surface area (Å²) in [5, 5.41) is 0. The number of hydrogen-bond acceptors (Lipinski definition) is 1. The van der Waals surface area contributed by atoms with E-state index >= 15 is 0 Å². The molecule has 17 heavy (non-hydrogen) atoms. The van der Waals surface area contributed by atoms with Gasteiger partial charge in [-0.05, 0) is 24.8 Å². The lowest BCUT2D eigenvalue weighted by atomic mass is 9.90. The molecule has 0 radical (unpaired) electrons. The van der Waals surface area contributed by atoms with E-state index in [-0.39, 0.29) is 0 Å². The molecule has 2 rings (SSSR count). The predicted octanol–water partition coefficient (Wildman–Crippen LogP) is 4.53. The SMILES string of the molecule is CCCCCC1CCC(c2ccccc2)CO1. The molecule has 2 atom stereocenters. The summed E-state index contributed by atoms with van der Waals surface area (Å²) in [6.45, 7) is 3.17. The number of rotatable bonds is 5. The van der Waals surface area contributed by atoms with Gasteiger partial charge in [-0.3, -0.25) is 0 Å². The number of benzene rings is 1. The fraction of sp³-hybridized carbons (Fsp3) is 0.625. The standard InChI is InChI=1S/C16H24O/c1-2-3-5-10-16-12-11-15(13-17-16)14-8-6-4-7-9-14/h4,6-9,15-16H,2-3,5,10-13H2,1H3. The van der Waals surface area contributed by atoms with E-state index < -0.39 is 0 Å². The maximum Gasteiger partial charge on any atom is 0.0575 e. The van der Waals surface area contributed by atoms with Crippen LogP contribution in [0.25, 0.3) is 0 Å². The molecule has 1 fully saturated rings. The molecule has 0 saturated carbocycles. The molecule has 0 aromatic heterocycles. The first-order valence-electron chi connectivity index (χ1n) is 7.06. The molecule has 2 unspecified atom stereocenters. The monoisotopic (exact) mass is 232 g/mol. The van der Waals surface area contributed by atoms with Crippen molar-refractivity contribution in [3.8, 4) is 0 Å². The minimum Gasteiger partial charge on any atom is -0.378 e. The van der Waals surface area contributed by atoms with Gasteiger partial charge in [0.1, 0.15) is 0 Å². The van der Waals surface area contributed by atoms with Crippen LogP contribution >= 0.6 is 0 Å². The molecule has 0 spiro atoms. The van der Waals surface area contributed by atoms with Crippen LogP contribution in [0.15, 0.2) is 30.3 Å². The van der Waals surface area contributed by atoms with E-state index in [0.717, 1.165) is 6.61 Å². The molecule has 94 valence electrons. The van der Waals surface area contributed by atoms with Crippen molar-refractivity contribution in [1.29, 1.82) is 0 Å². The highest BCUT2D eigenvalue weighted by molar-refractivity contribution is 5.19. The van der Waals surface area contributed by atoms with Gasteiger partial charge in [-0.1, -0.05) is 56.5 Å². The summed E-state index contributed by atoms with van der Waals surface area (Å²) < 4.78 is 5.99. The van der Waals surface area contributed by atoms with Gasteiger partial charge in [-0.25, -0.2) is 0 Å². The van der Waals surface area contributed by atoms with E-state index in [4.69, 9.17) is 4.74 Å². The van der Waals surface area contributed by atoms with E-state index in [2.05, 4.69) is 37.3 Å². The lowest BCUT2D eigenvalue weighted by molar-refractivity contribution is -0.00207. The Balaban J connectivity index is 1.74. The van der Waals surface area contributed by atoms with Crippen molar-refractivity contribution >= 4 is 0 Å². The largest absolute Gasteiger partial charge is 0.378 e. The van der Waals surface area contributed by atoms with Crippen LogP contribution in [0.1, 0.15) is 56.9 Å². The van der Waals surface area contributed by atoms with E-state index in [1.165, 1.54) is 44.1 Å². The van der Waals surface area contributed by atoms with Gasteiger partial charge in [0.15, 0.2) is 0 Å². The minimum atomic E-state index is 0.529. The van der Waals surface area contributed by atoms with Crippen molar-refractivity contribution in [3.05, 3.63) is 35.9 Å². The minimum absolute atomic E-state index is 0.529. The first kappa shape index (κ1) is 12.6. The van der Waals surface area contributed by atoms with Crippen molar-refractivity contribution in [2.45, 2.75) is 57.5 Å². The van der Waals surface area contributed by atoms with Crippen LogP contribution in [0.5, 0.6) is 0 Å². The van der Waals surface area contributed by atoms with Crippen LogP contribution in [0.2, 0.25) is 0 Å². The molecule has 0 N–H and O–H groups in total. The summed E-state index contributed by atoms with van der Waals surface area (Å²) in [7, 11) is 0. The Kier molecular flexibility index (Phi) is 5.06. The molecule has 1 aromatic rings. The van der Waals surface area contributed by atoms with Gasteiger partial charge in [-0.15, -0.1) is 0 Å². The van der Waals surface area contributed by atoms with Gasteiger partial charge < -0.3 is 4.74 Å². The molecule has 1 aliphatic rings. The molecular formula is C16H24O. The Bertz CT molecular complexity index is 299.